The van der Waals surface area contributed by atoms with Crippen molar-refractivity contribution in [1.29, 1.82) is 0 Å². The first-order valence-corrected chi connectivity index (χ1v) is 8.80. The molecule has 25 heavy (non-hydrogen) atoms. The van der Waals surface area contributed by atoms with E-state index in [0.717, 1.165) is 12.8 Å². The van der Waals surface area contributed by atoms with Crippen LogP contribution in [0.15, 0.2) is 42.7 Å². The van der Waals surface area contributed by atoms with E-state index < -0.39 is 0 Å². The second-order valence-corrected chi connectivity index (χ2v) is 7.63. The lowest BCUT2D eigenvalue weighted by molar-refractivity contribution is 0.0717. The van der Waals surface area contributed by atoms with Gasteiger partial charge in [-0.05, 0) is 33.6 Å². The van der Waals surface area contributed by atoms with Crippen LogP contribution < -0.4 is 0 Å². The van der Waals surface area contributed by atoms with Gasteiger partial charge in [0.2, 0.25) is 0 Å². The molecule has 0 radical (unpaired) electrons. The molecule has 132 valence electrons. The number of Topliss-reactive ketones (excluding diaryl/α,β-unsaturated/α-hetero) is 1. The molecule has 1 aliphatic rings. The highest BCUT2D eigenvalue weighted by atomic mass is 16.2. The maximum absolute atomic E-state index is 12.9. The van der Waals surface area contributed by atoms with E-state index in [-0.39, 0.29) is 23.3 Å². The number of ketones is 1. The summed E-state index contributed by atoms with van der Waals surface area (Å²) in [5.74, 6) is 0.0644. The van der Waals surface area contributed by atoms with Gasteiger partial charge in [-0.2, -0.15) is 5.10 Å². The van der Waals surface area contributed by atoms with Gasteiger partial charge < -0.3 is 4.90 Å². The van der Waals surface area contributed by atoms with Crippen molar-refractivity contribution >= 4 is 11.7 Å². The Labute approximate surface area is 148 Å². The summed E-state index contributed by atoms with van der Waals surface area (Å²) < 4.78 is 1.81. The monoisotopic (exact) mass is 339 g/mol. The predicted octanol–water partition coefficient (Wildman–Crippen LogP) is 3.52. The fourth-order valence-corrected chi connectivity index (χ4v) is 3.24. The van der Waals surface area contributed by atoms with E-state index >= 15 is 0 Å². The fraction of sp³-hybridized carbons (Fsp3) is 0.450. The first kappa shape index (κ1) is 17.4. The lowest BCUT2D eigenvalue weighted by Crippen LogP contribution is -2.36. The maximum Gasteiger partial charge on any atom is 0.257 e. The molecule has 3 rings (SSSR count). The summed E-state index contributed by atoms with van der Waals surface area (Å²) in [7, 11) is 0. The van der Waals surface area contributed by atoms with Crippen LogP contribution in [0.3, 0.4) is 0 Å². The van der Waals surface area contributed by atoms with Crippen LogP contribution in [0.25, 0.3) is 0 Å². The Kier molecular flexibility index (Phi) is 4.75. The average Bonchev–Trinajstić information content (AvgIpc) is 3.24. The Hall–Kier alpha value is -2.43. The quantitative estimate of drug-likeness (QED) is 0.801. The first-order chi connectivity index (χ1) is 11.9. The molecular formula is C20H25N3O2. The van der Waals surface area contributed by atoms with E-state index in [4.69, 9.17) is 0 Å². The number of carbonyl (C=O) groups excluding carboxylic acids is 2. The van der Waals surface area contributed by atoms with Gasteiger partial charge in [0.05, 0.1) is 17.3 Å². The van der Waals surface area contributed by atoms with E-state index in [9.17, 15) is 9.59 Å². The number of likely N-dealkylation sites (tertiary alicyclic amines) is 1. The molecule has 0 spiro atoms. The number of benzene rings is 1. The Morgan fingerprint density at radius 3 is 2.52 bits per heavy atom. The Morgan fingerprint density at radius 1 is 1.16 bits per heavy atom. The maximum atomic E-state index is 12.9. The van der Waals surface area contributed by atoms with Crippen LogP contribution in [-0.4, -0.2) is 39.0 Å². The molecule has 0 unspecified atom stereocenters. The fourth-order valence-electron chi connectivity index (χ4n) is 3.24. The van der Waals surface area contributed by atoms with E-state index in [1.807, 2.05) is 56.0 Å². The smallest absolute Gasteiger partial charge is 0.257 e. The van der Waals surface area contributed by atoms with E-state index in [1.165, 1.54) is 0 Å². The molecule has 1 aromatic heterocycles. The van der Waals surface area contributed by atoms with Crippen LogP contribution in [-0.2, 0) is 5.54 Å². The zero-order chi connectivity index (χ0) is 18.0. The van der Waals surface area contributed by atoms with Crippen molar-refractivity contribution in [2.45, 2.75) is 51.6 Å². The SMILES string of the molecule is CC(C)(C)n1cc(C(=O)N2CCC[C@H]2CC(=O)c2ccccc2)cn1. The Morgan fingerprint density at radius 2 is 1.88 bits per heavy atom. The summed E-state index contributed by atoms with van der Waals surface area (Å²) in [6.07, 6.45) is 5.62. The number of amides is 1. The summed E-state index contributed by atoms with van der Waals surface area (Å²) >= 11 is 0. The summed E-state index contributed by atoms with van der Waals surface area (Å²) in [5.41, 5.74) is 1.14. The minimum atomic E-state index is -0.161. The predicted molar refractivity (Wildman–Crippen MR) is 96.7 cm³/mol. The summed E-state index contributed by atoms with van der Waals surface area (Å²) in [6.45, 7) is 6.84. The highest BCUT2D eigenvalue weighted by molar-refractivity contribution is 5.98. The van der Waals surface area contributed by atoms with Crippen LogP contribution in [0.4, 0.5) is 0 Å². The van der Waals surface area contributed by atoms with Crippen LogP contribution >= 0.6 is 0 Å². The zero-order valence-corrected chi connectivity index (χ0v) is 15.1. The molecule has 1 atom stereocenters. The number of rotatable bonds is 4. The van der Waals surface area contributed by atoms with Gasteiger partial charge in [-0.1, -0.05) is 30.3 Å². The van der Waals surface area contributed by atoms with Gasteiger partial charge in [0.15, 0.2) is 5.78 Å². The molecular weight excluding hydrogens is 314 g/mol. The summed E-state index contributed by atoms with van der Waals surface area (Å²) in [5, 5.41) is 4.32. The van der Waals surface area contributed by atoms with Crippen LogP contribution in [0.2, 0.25) is 0 Å². The van der Waals surface area contributed by atoms with Crippen molar-refractivity contribution < 1.29 is 9.59 Å². The molecule has 0 N–H and O–H groups in total. The molecule has 0 aliphatic carbocycles. The van der Waals surface area contributed by atoms with Gasteiger partial charge in [0.25, 0.3) is 5.91 Å². The second kappa shape index (κ2) is 6.82. The van der Waals surface area contributed by atoms with Gasteiger partial charge in [-0.15, -0.1) is 0 Å². The zero-order valence-electron chi connectivity index (χ0n) is 15.1. The molecule has 1 fully saturated rings. The lowest BCUT2D eigenvalue weighted by Gasteiger charge is -2.24. The number of nitrogens with zero attached hydrogens (tertiary/aromatic N) is 3. The minimum Gasteiger partial charge on any atom is -0.335 e. The van der Waals surface area contributed by atoms with Crippen LogP contribution in [0.1, 0.15) is 60.7 Å². The minimum absolute atomic E-state index is 0.0288. The molecule has 2 heterocycles. The third-order valence-electron chi connectivity index (χ3n) is 4.67. The molecule has 5 nitrogen and oxygen atoms in total. The molecule has 1 saturated heterocycles. The number of hydrogen-bond acceptors (Lipinski definition) is 3. The largest absolute Gasteiger partial charge is 0.335 e. The normalized spacial score (nSPS) is 17.7. The highest BCUT2D eigenvalue weighted by Gasteiger charge is 2.32. The first-order valence-electron chi connectivity index (χ1n) is 8.80. The van der Waals surface area contributed by atoms with Crippen molar-refractivity contribution in [3.8, 4) is 0 Å². The summed E-state index contributed by atoms with van der Waals surface area (Å²) in [6, 6.07) is 9.26. The Bertz CT molecular complexity index is 759. The van der Waals surface area contributed by atoms with Gasteiger partial charge >= 0.3 is 0 Å². The lowest BCUT2D eigenvalue weighted by atomic mass is 10.0. The molecule has 1 amide bonds. The van der Waals surface area contributed by atoms with Crippen molar-refractivity contribution in [2.75, 3.05) is 6.54 Å². The topological polar surface area (TPSA) is 55.2 Å². The van der Waals surface area contributed by atoms with Gasteiger partial charge in [-0.3, -0.25) is 14.3 Å². The van der Waals surface area contributed by atoms with Gasteiger partial charge in [0, 0.05) is 30.8 Å². The van der Waals surface area contributed by atoms with Crippen molar-refractivity contribution in [1.82, 2.24) is 14.7 Å². The molecule has 2 aromatic rings. The highest BCUT2D eigenvalue weighted by Crippen LogP contribution is 2.24. The standard InChI is InChI=1S/C20H25N3O2/c1-20(2,3)23-14-16(13-21-23)19(25)22-11-7-10-17(22)12-18(24)15-8-5-4-6-9-15/h4-6,8-9,13-14,17H,7,10-12H2,1-3H3/t17-/m0/s1. The van der Waals surface area contributed by atoms with Gasteiger partial charge in [0.1, 0.15) is 0 Å². The van der Waals surface area contributed by atoms with Crippen LogP contribution in [0, 0.1) is 0 Å². The number of hydrogen-bond donors (Lipinski definition) is 0. The molecule has 1 aliphatic heterocycles. The van der Waals surface area contributed by atoms with E-state index in [0.29, 0.717) is 24.1 Å². The van der Waals surface area contributed by atoms with Crippen molar-refractivity contribution in [3.63, 3.8) is 0 Å². The van der Waals surface area contributed by atoms with E-state index in [2.05, 4.69) is 5.10 Å². The molecule has 5 heteroatoms. The third kappa shape index (κ3) is 3.81. The summed E-state index contributed by atoms with van der Waals surface area (Å²) in [4.78, 5) is 27.2. The number of aromatic nitrogens is 2. The number of carbonyl (C=O) groups is 2. The molecule has 0 bridgehead atoms. The molecule has 1 aromatic carbocycles. The third-order valence-corrected chi connectivity index (χ3v) is 4.67. The average molecular weight is 339 g/mol. The van der Waals surface area contributed by atoms with Crippen LogP contribution in [0.5, 0.6) is 0 Å². The van der Waals surface area contributed by atoms with Gasteiger partial charge in [-0.25, -0.2) is 0 Å². The Balaban J connectivity index is 1.72. The second-order valence-electron chi connectivity index (χ2n) is 7.63. The molecule has 0 saturated carbocycles. The van der Waals surface area contributed by atoms with Crippen molar-refractivity contribution in [3.05, 3.63) is 53.9 Å². The van der Waals surface area contributed by atoms with E-state index in [1.54, 1.807) is 17.1 Å². The van der Waals surface area contributed by atoms with Crippen molar-refractivity contribution in [2.24, 2.45) is 0 Å².